The normalized spacial score (nSPS) is 15.4. The van der Waals surface area contributed by atoms with Crippen molar-refractivity contribution >= 4 is 11.6 Å². The number of hydrogen-bond acceptors (Lipinski definition) is 2. The fraction of sp³-hybridized carbons (Fsp3) is 0.409. The molecule has 3 rings (SSSR count). The third-order valence-electron chi connectivity index (χ3n) is 5.02. The van der Waals surface area contributed by atoms with Gasteiger partial charge in [-0.15, -0.1) is 0 Å². The molecule has 0 spiro atoms. The maximum absolute atomic E-state index is 12.8. The van der Waals surface area contributed by atoms with Gasteiger partial charge in [-0.1, -0.05) is 51.1 Å². The quantitative estimate of drug-likeness (QED) is 0.818. The number of aryl methyl sites for hydroxylation is 1. The molecular weight excluding hydrogens is 308 g/mol. The van der Waals surface area contributed by atoms with Gasteiger partial charge in [0.1, 0.15) is 0 Å². The van der Waals surface area contributed by atoms with Gasteiger partial charge in [0.15, 0.2) is 0 Å². The number of carbonyl (C=O) groups excluding carboxylic acids is 1. The fourth-order valence-corrected chi connectivity index (χ4v) is 3.36. The molecule has 1 saturated heterocycles. The maximum atomic E-state index is 12.8. The lowest BCUT2D eigenvalue weighted by molar-refractivity contribution is 0.0746. The number of hydrogen-bond donors (Lipinski definition) is 0. The van der Waals surface area contributed by atoms with E-state index < -0.39 is 0 Å². The van der Waals surface area contributed by atoms with E-state index in [2.05, 4.69) is 69.0 Å². The minimum Gasteiger partial charge on any atom is -0.368 e. The van der Waals surface area contributed by atoms with Gasteiger partial charge in [0.25, 0.3) is 5.91 Å². The molecule has 1 heterocycles. The average molecular weight is 336 g/mol. The van der Waals surface area contributed by atoms with Crippen molar-refractivity contribution in [2.45, 2.75) is 33.1 Å². The molecule has 1 fully saturated rings. The summed E-state index contributed by atoms with van der Waals surface area (Å²) in [5.41, 5.74) is 4.73. The Morgan fingerprint density at radius 1 is 0.880 bits per heavy atom. The monoisotopic (exact) mass is 336 g/mol. The van der Waals surface area contributed by atoms with Crippen LogP contribution in [-0.2, 0) is 5.41 Å². The molecule has 3 nitrogen and oxygen atoms in total. The Kier molecular flexibility index (Phi) is 4.85. The number of nitrogens with zero attached hydrogens (tertiary/aromatic N) is 2. The second kappa shape index (κ2) is 6.91. The molecule has 25 heavy (non-hydrogen) atoms. The van der Waals surface area contributed by atoms with Crippen LogP contribution in [0.2, 0.25) is 0 Å². The first-order valence-electron chi connectivity index (χ1n) is 9.06. The highest BCUT2D eigenvalue weighted by Crippen LogP contribution is 2.24. The van der Waals surface area contributed by atoms with E-state index in [-0.39, 0.29) is 11.3 Å². The number of para-hydroxylation sites is 1. The van der Waals surface area contributed by atoms with Gasteiger partial charge < -0.3 is 9.80 Å². The van der Waals surface area contributed by atoms with Crippen LogP contribution in [0.1, 0.15) is 42.3 Å². The second-order valence-electron chi connectivity index (χ2n) is 7.89. The number of benzene rings is 2. The number of anilines is 1. The van der Waals surface area contributed by atoms with Gasteiger partial charge in [0, 0.05) is 37.4 Å². The minimum atomic E-state index is 0.112. The number of carbonyl (C=O) groups is 1. The highest BCUT2D eigenvalue weighted by atomic mass is 16.2. The highest BCUT2D eigenvalue weighted by Gasteiger charge is 2.23. The number of piperazine rings is 1. The molecule has 1 aliphatic rings. The van der Waals surface area contributed by atoms with Gasteiger partial charge in [-0.05, 0) is 41.7 Å². The molecule has 0 aromatic heterocycles. The standard InChI is InChI=1S/C22H28N2O/c1-17-7-5-6-8-20(17)23-13-15-24(16-14-23)21(25)18-9-11-19(12-10-18)22(2,3)4/h5-12H,13-16H2,1-4H3. The van der Waals surface area contributed by atoms with Gasteiger partial charge in [0.05, 0.1) is 0 Å². The Morgan fingerprint density at radius 2 is 1.48 bits per heavy atom. The summed E-state index contributed by atoms with van der Waals surface area (Å²) < 4.78 is 0. The van der Waals surface area contributed by atoms with Crippen molar-refractivity contribution in [1.82, 2.24) is 4.90 Å². The zero-order valence-electron chi connectivity index (χ0n) is 15.7. The Bertz CT molecular complexity index is 735. The first kappa shape index (κ1) is 17.5. The third-order valence-corrected chi connectivity index (χ3v) is 5.02. The Labute approximate surface area is 151 Å². The lowest BCUT2D eigenvalue weighted by Gasteiger charge is -2.37. The fourth-order valence-electron chi connectivity index (χ4n) is 3.36. The lowest BCUT2D eigenvalue weighted by Crippen LogP contribution is -2.49. The second-order valence-corrected chi connectivity index (χ2v) is 7.89. The Balaban J connectivity index is 1.65. The summed E-state index contributed by atoms with van der Waals surface area (Å²) in [6.45, 7) is 12.0. The van der Waals surface area contributed by atoms with E-state index in [0.717, 1.165) is 31.7 Å². The molecule has 1 aliphatic heterocycles. The molecule has 2 aromatic carbocycles. The van der Waals surface area contributed by atoms with Crippen molar-refractivity contribution in [1.29, 1.82) is 0 Å². The molecule has 132 valence electrons. The number of rotatable bonds is 2. The summed E-state index contributed by atoms with van der Waals surface area (Å²) in [4.78, 5) is 17.1. The van der Waals surface area contributed by atoms with E-state index in [1.165, 1.54) is 16.8 Å². The summed E-state index contributed by atoms with van der Waals surface area (Å²) in [6, 6.07) is 16.6. The summed E-state index contributed by atoms with van der Waals surface area (Å²) in [7, 11) is 0. The van der Waals surface area contributed by atoms with Crippen molar-refractivity contribution in [3.05, 3.63) is 65.2 Å². The van der Waals surface area contributed by atoms with E-state index in [1.807, 2.05) is 17.0 Å². The average Bonchev–Trinajstić information content (AvgIpc) is 2.61. The SMILES string of the molecule is Cc1ccccc1N1CCN(C(=O)c2ccc(C(C)(C)C)cc2)CC1. The zero-order valence-corrected chi connectivity index (χ0v) is 15.7. The molecule has 0 unspecified atom stereocenters. The van der Waals surface area contributed by atoms with Crippen LogP contribution < -0.4 is 4.90 Å². The summed E-state index contributed by atoms with van der Waals surface area (Å²) in [6.07, 6.45) is 0. The van der Waals surface area contributed by atoms with Crippen LogP contribution in [0.3, 0.4) is 0 Å². The molecule has 2 aromatic rings. The minimum absolute atomic E-state index is 0.112. The Hall–Kier alpha value is -2.29. The molecule has 0 atom stereocenters. The van der Waals surface area contributed by atoms with E-state index in [9.17, 15) is 4.79 Å². The molecule has 0 bridgehead atoms. The van der Waals surface area contributed by atoms with E-state index in [1.54, 1.807) is 0 Å². The molecule has 0 radical (unpaired) electrons. The molecule has 0 N–H and O–H groups in total. The van der Waals surface area contributed by atoms with E-state index in [0.29, 0.717) is 0 Å². The van der Waals surface area contributed by atoms with Crippen LogP contribution in [0, 0.1) is 6.92 Å². The van der Waals surface area contributed by atoms with Gasteiger partial charge in [-0.25, -0.2) is 0 Å². The van der Waals surface area contributed by atoms with E-state index in [4.69, 9.17) is 0 Å². The predicted octanol–water partition coefficient (Wildman–Crippen LogP) is 4.25. The first-order valence-corrected chi connectivity index (χ1v) is 9.06. The van der Waals surface area contributed by atoms with Crippen LogP contribution in [0.15, 0.2) is 48.5 Å². The molecule has 1 amide bonds. The summed E-state index contributed by atoms with van der Waals surface area (Å²) >= 11 is 0. The molecule has 0 saturated carbocycles. The smallest absolute Gasteiger partial charge is 0.253 e. The van der Waals surface area contributed by atoms with Crippen molar-refractivity contribution in [2.75, 3.05) is 31.1 Å². The van der Waals surface area contributed by atoms with Crippen LogP contribution >= 0.6 is 0 Å². The van der Waals surface area contributed by atoms with Gasteiger partial charge in [0.2, 0.25) is 0 Å². The van der Waals surface area contributed by atoms with Crippen molar-refractivity contribution in [3.8, 4) is 0 Å². The first-order chi connectivity index (χ1) is 11.9. The van der Waals surface area contributed by atoms with E-state index >= 15 is 0 Å². The topological polar surface area (TPSA) is 23.6 Å². The Morgan fingerprint density at radius 3 is 2.04 bits per heavy atom. The summed E-state index contributed by atoms with van der Waals surface area (Å²) in [5.74, 6) is 0.143. The van der Waals surface area contributed by atoms with Crippen molar-refractivity contribution in [2.24, 2.45) is 0 Å². The van der Waals surface area contributed by atoms with Crippen molar-refractivity contribution < 1.29 is 4.79 Å². The maximum Gasteiger partial charge on any atom is 0.253 e. The van der Waals surface area contributed by atoms with Crippen LogP contribution in [-0.4, -0.2) is 37.0 Å². The zero-order chi connectivity index (χ0) is 18.0. The van der Waals surface area contributed by atoms with Crippen molar-refractivity contribution in [3.63, 3.8) is 0 Å². The number of amides is 1. The molecule has 0 aliphatic carbocycles. The van der Waals surface area contributed by atoms with Crippen LogP contribution in [0.4, 0.5) is 5.69 Å². The summed E-state index contributed by atoms with van der Waals surface area (Å²) in [5, 5.41) is 0. The predicted molar refractivity (Wildman–Crippen MR) is 104 cm³/mol. The van der Waals surface area contributed by atoms with Gasteiger partial charge >= 0.3 is 0 Å². The lowest BCUT2D eigenvalue weighted by atomic mass is 9.86. The third kappa shape index (κ3) is 3.87. The highest BCUT2D eigenvalue weighted by molar-refractivity contribution is 5.94. The largest absolute Gasteiger partial charge is 0.368 e. The molecule has 3 heteroatoms. The van der Waals surface area contributed by atoms with Gasteiger partial charge in [-0.2, -0.15) is 0 Å². The van der Waals surface area contributed by atoms with Crippen LogP contribution in [0.25, 0.3) is 0 Å². The van der Waals surface area contributed by atoms with Gasteiger partial charge in [-0.3, -0.25) is 4.79 Å². The molecular formula is C22H28N2O. The van der Waals surface area contributed by atoms with Crippen LogP contribution in [0.5, 0.6) is 0 Å².